The molecule has 186 valence electrons. The minimum Gasteiger partial charge on any atom is -0.368 e. The van der Waals surface area contributed by atoms with Gasteiger partial charge in [-0.1, -0.05) is 60.7 Å². The molecule has 0 radical (unpaired) electrons. The molecule has 0 aliphatic heterocycles. The lowest BCUT2D eigenvalue weighted by Gasteiger charge is -2.30. The van der Waals surface area contributed by atoms with Gasteiger partial charge in [-0.2, -0.15) is 4.72 Å². The first-order valence-electron chi connectivity index (χ1n) is 11.5. The van der Waals surface area contributed by atoms with Gasteiger partial charge in [-0.25, -0.2) is 8.42 Å². The van der Waals surface area contributed by atoms with E-state index in [0.29, 0.717) is 11.8 Å². The summed E-state index contributed by atoms with van der Waals surface area (Å²) in [5, 5.41) is 1.38. The standard InChI is InChI=1S/C26H32N4O4S/c1-18-14-15-24(21-12-7-6-11-20(18)21)35(33,34)29-22(13-8-16-27)26(32)30(2)23(25(28)31)17-19-9-4-3-5-10-19/h3-7,9-12,14-15,22-23,29H,8,13,16-17,27H2,1-2H3,(H2,28,31)/t22?,23-/m0/s1. The summed E-state index contributed by atoms with van der Waals surface area (Å²) in [6.45, 7) is 2.19. The Balaban J connectivity index is 1.91. The molecule has 35 heavy (non-hydrogen) atoms. The zero-order chi connectivity index (χ0) is 25.6. The number of benzene rings is 3. The second kappa shape index (κ2) is 11.4. The normalized spacial score (nSPS) is 13.3. The van der Waals surface area contributed by atoms with Crippen molar-refractivity contribution in [3.63, 3.8) is 0 Å². The molecule has 0 saturated carbocycles. The number of nitrogens with one attached hydrogen (secondary N) is 1. The molecular formula is C26H32N4O4S. The number of carbonyl (C=O) groups is 2. The van der Waals surface area contributed by atoms with Gasteiger partial charge in [0.05, 0.1) is 4.90 Å². The average molecular weight is 497 g/mol. The van der Waals surface area contributed by atoms with Crippen molar-refractivity contribution in [2.75, 3.05) is 13.6 Å². The predicted molar refractivity (Wildman–Crippen MR) is 137 cm³/mol. The van der Waals surface area contributed by atoms with Gasteiger partial charge in [0, 0.05) is 18.9 Å². The van der Waals surface area contributed by atoms with Crippen molar-refractivity contribution in [1.82, 2.24) is 9.62 Å². The third-order valence-corrected chi connectivity index (χ3v) is 7.63. The Morgan fingerprint density at radius 3 is 2.23 bits per heavy atom. The molecule has 2 amide bonds. The van der Waals surface area contributed by atoms with Gasteiger partial charge in [0.2, 0.25) is 21.8 Å². The number of rotatable bonds is 11. The van der Waals surface area contributed by atoms with Gasteiger partial charge in [-0.3, -0.25) is 9.59 Å². The molecule has 0 saturated heterocycles. The Bertz CT molecular complexity index is 1300. The van der Waals surface area contributed by atoms with Crippen LogP contribution in [0.3, 0.4) is 0 Å². The fourth-order valence-electron chi connectivity index (χ4n) is 4.13. The van der Waals surface area contributed by atoms with E-state index in [1.165, 1.54) is 18.0 Å². The number of hydrogen-bond donors (Lipinski definition) is 3. The van der Waals surface area contributed by atoms with E-state index in [4.69, 9.17) is 11.5 Å². The number of hydrogen-bond acceptors (Lipinski definition) is 5. The van der Waals surface area contributed by atoms with Gasteiger partial charge in [0.1, 0.15) is 12.1 Å². The Labute approximate surface area is 206 Å². The Morgan fingerprint density at radius 1 is 0.971 bits per heavy atom. The van der Waals surface area contributed by atoms with Crippen LogP contribution in [-0.2, 0) is 26.0 Å². The molecule has 0 heterocycles. The molecule has 0 aromatic heterocycles. The Hall–Kier alpha value is -3.27. The first-order valence-corrected chi connectivity index (χ1v) is 12.9. The highest BCUT2D eigenvalue weighted by molar-refractivity contribution is 7.89. The van der Waals surface area contributed by atoms with Crippen LogP contribution in [0, 0.1) is 6.92 Å². The van der Waals surface area contributed by atoms with Crippen LogP contribution in [0.5, 0.6) is 0 Å². The third kappa shape index (κ3) is 6.25. The van der Waals surface area contributed by atoms with Crippen molar-refractivity contribution in [3.05, 3.63) is 77.9 Å². The van der Waals surface area contributed by atoms with Gasteiger partial charge >= 0.3 is 0 Å². The fraction of sp³-hybridized carbons (Fsp3) is 0.308. The molecule has 3 rings (SSSR count). The molecule has 0 bridgehead atoms. The zero-order valence-electron chi connectivity index (χ0n) is 20.0. The van der Waals surface area contributed by atoms with Gasteiger partial charge in [0.15, 0.2) is 0 Å². The first-order chi connectivity index (χ1) is 16.7. The van der Waals surface area contributed by atoms with Crippen LogP contribution in [0.1, 0.15) is 24.0 Å². The molecule has 9 heteroatoms. The third-order valence-electron chi connectivity index (χ3n) is 6.10. The highest BCUT2D eigenvalue weighted by Crippen LogP contribution is 2.26. The molecule has 3 aromatic rings. The number of likely N-dealkylation sites (N-methyl/N-ethyl adjacent to an activating group) is 1. The molecule has 1 unspecified atom stereocenters. The van der Waals surface area contributed by atoms with Crippen LogP contribution in [0.15, 0.2) is 71.6 Å². The van der Waals surface area contributed by atoms with E-state index in [0.717, 1.165) is 16.5 Å². The number of primary amides is 1. The molecule has 0 aliphatic carbocycles. The van der Waals surface area contributed by atoms with E-state index in [2.05, 4.69) is 4.72 Å². The van der Waals surface area contributed by atoms with Gasteiger partial charge in [-0.05, 0) is 48.9 Å². The highest BCUT2D eigenvalue weighted by Gasteiger charge is 2.33. The monoisotopic (exact) mass is 496 g/mol. The highest BCUT2D eigenvalue weighted by atomic mass is 32.2. The molecule has 3 aromatic carbocycles. The second-order valence-electron chi connectivity index (χ2n) is 8.59. The summed E-state index contributed by atoms with van der Waals surface area (Å²) in [6, 6.07) is 17.6. The lowest BCUT2D eigenvalue weighted by atomic mass is 10.0. The summed E-state index contributed by atoms with van der Waals surface area (Å²) in [5.74, 6) is -1.21. The topological polar surface area (TPSA) is 136 Å². The molecule has 8 nitrogen and oxygen atoms in total. The van der Waals surface area contributed by atoms with E-state index < -0.39 is 33.9 Å². The molecule has 2 atom stereocenters. The fourth-order valence-corrected chi connectivity index (χ4v) is 5.56. The van der Waals surface area contributed by atoms with Crippen molar-refractivity contribution < 1.29 is 18.0 Å². The zero-order valence-corrected chi connectivity index (χ0v) is 20.8. The molecule has 0 fully saturated rings. The predicted octanol–water partition coefficient (Wildman–Crippen LogP) is 2.09. The molecule has 0 spiro atoms. The molecule has 5 N–H and O–H groups in total. The van der Waals surface area contributed by atoms with E-state index >= 15 is 0 Å². The maximum absolute atomic E-state index is 13.5. The quantitative estimate of drug-likeness (QED) is 0.373. The van der Waals surface area contributed by atoms with E-state index in [-0.39, 0.29) is 24.3 Å². The summed E-state index contributed by atoms with van der Waals surface area (Å²) in [6.07, 6.45) is 0.818. The summed E-state index contributed by atoms with van der Waals surface area (Å²) in [5.41, 5.74) is 13.1. The SMILES string of the molecule is Cc1ccc(S(=O)(=O)NC(CCCN)C(=O)N(C)[C@@H](Cc2ccccc2)C(N)=O)c2ccccc12. The van der Waals surface area contributed by atoms with Gasteiger partial charge in [0.25, 0.3) is 0 Å². The minimum absolute atomic E-state index is 0.0858. The number of nitrogens with two attached hydrogens (primary N) is 2. The van der Waals surface area contributed by atoms with Crippen molar-refractivity contribution in [1.29, 1.82) is 0 Å². The van der Waals surface area contributed by atoms with Crippen LogP contribution in [0.4, 0.5) is 0 Å². The lowest BCUT2D eigenvalue weighted by molar-refractivity contribution is -0.139. The maximum atomic E-state index is 13.5. The summed E-state index contributed by atoms with van der Waals surface area (Å²) in [4.78, 5) is 27.0. The summed E-state index contributed by atoms with van der Waals surface area (Å²) >= 11 is 0. The van der Waals surface area contributed by atoms with Crippen LogP contribution < -0.4 is 16.2 Å². The number of nitrogens with zero attached hydrogens (tertiary/aromatic N) is 1. The number of amides is 2. The minimum atomic E-state index is -4.07. The first kappa shape index (κ1) is 26.3. The molecular weight excluding hydrogens is 464 g/mol. The molecule has 0 aliphatic rings. The van der Waals surface area contributed by atoms with Crippen LogP contribution in [-0.4, -0.2) is 50.8 Å². The van der Waals surface area contributed by atoms with Crippen LogP contribution >= 0.6 is 0 Å². The van der Waals surface area contributed by atoms with E-state index in [1.54, 1.807) is 18.2 Å². The van der Waals surface area contributed by atoms with Crippen LogP contribution in [0.25, 0.3) is 10.8 Å². The number of aryl methyl sites for hydroxylation is 1. The largest absolute Gasteiger partial charge is 0.368 e. The van der Waals surface area contributed by atoms with Crippen molar-refractivity contribution in [2.24, 2.45) is 11.5 Å². The van der Waals surface area contributed by atoms with Gasteiger partial charge < -0.3 is 16.4 Å². The Morgan fingerprint density at radius 2 is 1.60 bits per heavy atom. The smallest absolute Gasteiger partial charge is 0.241 e. The van der Waals surface area contributed by atoms with Crippen LogP contribution in [0.2, 0.25) is 0 Å². The summed E-state index contributed by atoms with van der Waals surface area (Å²) in [7, 11) is -2.61. The Kier molecular flexibility index (Phi) is 8.61. The van der Waals surface area contributed by atoms with Gasteiger partial charge in [-0.15, -0.1) is 0 Å². The number of carbonyl (C=O) groups excluding carboxylic acids is 2. The number of sulfonamides is 1. The van der Waals surface area contributed by atoms with E-state index in [9.17, 15) is 18.0 Å². The second-order valence-corrected chi connectivity index (χ2v) is 10.3. The summed E-state index contributed by atoms with van der Waals surface area (Å²) < 4.78 is 29.5. The lowest BCUT2D eigenvalue weighted by Crippen LogP contribution is -2.54. The van der Waals surface area contributed by atoms with Crippen molar-refractivity contribution >= 4 is 32.6 Å². The van der Waals surface area contributed by atoms with Crippen molar-refractivity contribution in [3.8, 4) is 0 Å². The number of fused-ring (bicyclic) bond motifs is 1. The maximum Gasteiger partial charge on any atom is 0.241 e. The average Bonchev–Trinajstić information content (AvgIpc) is 2.85. The van der Waals surface area contributed by atoms with Crippen molar-refractivity contribution in [2.45, 2.75) is 43.2 Å². The van der Waals surface area contributed by atoms with E-state index in [1.807, 2.05) is 49.4 Å².